The van der Waals surface area contributed by atoms with Crippen LogP contribution in [-0.4, -0.2) is 30.9 Å². The number of phenols is 1. The molecule has 7 heteroatoms. The molecule has 0 saturated carbocycles. The molecule has 0 aliphatic heterocycles. The highest BCUT2D eigenvalue weighted by molar-refractivity contribution is 14.1. The first-order chi connectivity index (χ1) is 12.9. The molecule has 0 saturated heterocycles. The van der Waals surface area contributed by atoms with Crippen molar-refractivity contribution in [3.05, 3.63) is 51.1 Å². The third-order valence-corrected chi connectivity index (χ3v) is 4.93. The Kier molecular flexibility index (Phi) is 7.90. The summed E-state index contributed by atoms with van der Waals surface area (Å²) in [6.07, 6.45) is 2.55. The number of nitrogens with one attached hydrogen (secondary N) is 1. The van der Waals surface area contributed by atoms with Gasteiger partial charge >= 0.3 is 0 Å². The lowest BCUT2D eigenvalue weighted by atomic mass is 9.99. The van der Waals surface area contributed by atoms with Gasteiger partial charge in [-0.25, -0.2) is 5.43 Å². The summed E-state index contributed by atoms with van der Waals surface area (Å²) in [7, 11) is 1.47. The van der Waals surface area contributed by atoms with E-state index in [1.165, 1.54) is 18.9 Å². The average molecular weight is 482 g/mol. The smallest absolute Gasteiger partial charge is 0.277 e. The molecule has 0 unspecified atom stereocenters. The monoisotopic (exact) mass is 482 g/mol. The molecule has 27 heavy (non-hydrogen) atoms. The van der Waals surface area contributed by atoms with Crippen molar-refractivity contribution in [2.24, 2.45) is 5.10 Å². The van der Waals surface area contributed by atoms with Crippen LogP contribution in [0.2, 0.25) is 0 Å². The molecule has 2 rings (SSSR count). The standard InChI is InChI=1S/C20H23IN2O4/c1-4-13(2)15-5-7-16(8-6-15)27-12-19(24)23-22-11-14-9-17(21)20(25)18(10-14)26-3/h5-11,13,25H,4,12H2,1-3H3,(H,23,24)/b22-11-/t13-/m1/s1. The zero-order valence-electron chi connectivity index (χ0n) is 15.5. The number of halogens is 1. The summed E-state index contributed by atoms with van der Waals surface area (Å²) in [4.78, 5) is 11.9. The van der Waals surface area contributed by atoms with Crippen LogP contribution in [0.15, 0.2) is 41.5 Å². The number of benzene rings is 2. The van der Waals surface area contributed by atoms with Crippen LogP contribution < -0.4 is 14.9 Å². The molecule has 0 aliphatic rings. The molecule has 0 bridgehead atoms. The van der Waals surface area contributed by atoms with Crippen molar-refractivity contribution in [1.82, 2.24) is 5.43 Å². The molecule has 0 aliphatic carbocycles. The number of rotatable bonds is 8. The number of carbonyl (C=O) groups is 1. The Balaban J connectivity index is 1.86. The normalized spacial score (nSPS) is 12.0. The Morgan fingerprint density at radius 2 is 2.04 bits per heavy atom. The third kappa shape index (κ3) is 6.13. The number of carbonyl (C=O) groups excluding carboxylic acids is 1. The minimum atomic E-state index is -0.363. The Morgan fingerprint density at radius 3 is 2.67 bits per heavy atom. The number of aromatic hydroxyl groups is 1. The van der Waals surface area contributed by atoms with E-state index in [0.29, 0.717) is 26.6 Å². The second-order valence-electron chi connectivity index (χ2n) is 6.01. The van der Waals surface area contributed by atoms with Crippen molar-refractivity contribution >= 4 is 34.7 Å². The van der Waals surface area contributed by atoms with Gasteiger partial charge in [-0.05, 0) is 70.3 Å². The molecule has 1 atom stereocenters. The molecule has 2 aromatic rings. The highest BCUT2D eigenvalue weighted by Crippen LogP contribution is 2.31. The van der Waals surface area contributed by atoms with Gasteiger partial charge in [-0.3, -0.25) is 4.79 Å². The third-order valence-electron chi connectivity index (χ3n) is 4.10. The molecular formula is C20H23IN2O4. The molecule has 0 spiro atoms. The first-order valence-electron chi connectivity index (χ1n) is 8.55. The number of hydrogen-bond acceptors (Lipinski definition) is 5. The van der Waals surface area contributed by atoms with Crippen molar-refractivity contribution in [2.75, 3.05) is 13.7 Å². The van der Waals surface area contributed by atoms with E-state index in [-0.39, 0.29) is 18.3 Å². The maximum atomic E-state index is 11.9. The van der Waals surface area contributed by atoms with Crippen molar-refractivity contribution in [3.63, 3.8) is 0 Å². The van der Waals surface area contributed by atoms with E-state index >= 15 is 0 Å². The average Bonchev–Trinajstić information content (AvgIpc) is 2.68. The second-order valence-corrected chi connectivity index (χ2v) is 7.18. The van der Waals surface area contributed by atoms with Gasteiger partial charge in [0.1, 0.15) is 5.75 Å². The summed E-state index contributed by atoms with van der Waals surface area (Å²) < 4.78 is 11.2. The number of hydrazone groups is 1. The molecule has 2 N–H and O–H groups in total. The molecule has 6 nitrogen and oxygen atoms in total. The van der Waals surface area contributed by atoms with Gasteiger partial charge in [-0.15, -0.1) is 0 Å². The number of phenolic OH excluding ortho intramolecular Hbond substituents is 1. The maximum absolute atomic E-state index is 11.9. The summed E-state index contributed by atoms with van der Waals surface area (Å²) >= 11 is 1.99. The summed E-state index contributed by atoms with van der Waals surface area (Å²) in [6, 6.07) is 11.1. The van der Waals surface area contributed by atoms with E-state index in [1.54, 1.807) is 12.1 Å². The van der Waals surface area contributed by atoms with E-state index in [4.69, 9.17) is 9.47 Å². The minimum absolute atomic E-state index is 0.0760. The summed E-state index contributed by atoms with van der Waals surface area (Å²) in [5.74, 6) is 1.20. The van der Waals surface area contributed by atoms with Gasteiger partial charge in [0.15, 0.2) is 18.1 Å². The fourth-order valence-corrected chi connectivity index (χ4v) is 2.94. The van der Waals surface area contributed by atoms with Crippen molar-refractivity contribution in [1.29, 1.82) is 0 Å². The van der Waals surface area contributed by atoms with E-state index in [9.17, 15) is 9.90 Å². The van der Waals surface area contributed by atoms with Gasteiger partial charge in [0, 0.05) is 0 Å². The van der Waals surface area contributed by atoms with E-state index in [1.807, 2.05) is 46.9 Å². The first-order valence-corrected chi connectivity index (χ1v) is 9.63. The molecule has 0 radical (unpaired) electrons. The Morgan fingerprint density at radius 1 is 1.33 bits per heavy atom. The predicted molar refractivity (Wildman–Crippen MR) is 114 cm³/mol. The maximum Gasteiger partial charge on any atom is 0.277 e. The van der Waals surface area contributed by atoms with Crippen LogP contribution in [-0.2, 0) is 4.79 Å². The lowest BCUT2D eigenvalue weighted by Gasteiger charge is -2.10. The SMILES string of the molecule is CC[C@@H](C)c1ccc(OCC(=O)N/N=C\c2cc(I)c(O)c(OC)c2)cc1. The van der Waals surface area contributed by atoms with Crippen molar-refractivity contribution in [2.45, 2.75) is 26.2 Å². The summed E-state index contributed by atoms with van der Waals surface area (Å²) in [6.45, 7) is 4.19. The zero-order valence-corrected chi connectivity index (χ0v) is 17.7. The predicted octanol–water partition coefficient (Wildman–Crippen LogP) is 4.05. The Labute approximate surface area is 172 Å². The quantitative estimate of drug-likeness (QED) is 0.338. The molecular weight excluding hydrogens is 459 g/mol. The number of ether oxygens (including phenoxy) is 2. The largest absolute Gasteiger partial charge is 0.504 e. The second kappa shape index (κ2) is 10.1. The number of amides is 1. The van der Waals surface area contributed by atoms with Crippen LogP contribution >= 0.6 is 22.6 Å². The van der Waals surface area contributed by atoms with E-state index < -0.39 is 0 Å². The van der Waals surface area contributed by atoms with Crippen molar-refractivity contribution in [3.8, 4) is 17.2 Å². The molecule has 144 valence electrons. The van der Waals surface area contributed by atoms with Gasteiger partial charge in [0.05, 0.1) is 16.9 Å². The van der Waals surface area contributed by atoms with Gasteiger partial charge in [-0.2, -0.15) is 5.10 Å². The molecule has 0 aromatic heterocycles. The molecule has 2 aromatic carbocycles. The number of nitrogens with zero attached hydrogens (tertiary/aromatic N) is 1. The van der Waals surface area contributed by atoms with Gasteiger partial charge < -0.3 is 14.6 Å². The Hall–Kier alpha value is -2.29. The zero-order chi connectivity index (χ0) is 19.8. The lowest BCUT2D eigenvalue weighted by molar-refractivity contribution is -0.123. The first kappa shape index (κ1) is 21.0. The molecule has 1 amide bonds. The minimum Gasteiger partial charge on any atom is -0.504 e. The number of hydrogen-bond donors (Lipinski definition) is 2. The van der Waals surface area contributed by atoms with Crippen LogP contribution in [0.25, 0.3) is 0 Å². The Bertz CT molecular complexity index is 806. The number of methoxy groups -OCH3 is 1. The lowest BCUT2D eigenvalue weighted by Crippen LogP contribution is -2.24. The fourth-order valence-electron chi connectivity index (χ4n) is 2.31. The summed E-state index contributed by atoms with van der Waals surface area (Å²) in [5.41, 5.74) is 4.35. The van der Waals surface area contributed by atoms with E-state index in [2.05, 4.69) is 24.4 Å². The van der Waals surface area contributed by atoms with Gasteiger partial charge in [0.25, 0.3) is 5.91 Å². The van der Waals surface area contributed by atoms with Crippen LogP contribution in [0.5, 0.6) is 17.2 Å². The van der Waals surface area contributed by atoms with Gasteiger partial charge in [0.2, 0.25) is 0 Å². The van der Waals surface area contributed by atoms with Crippen LogP contribution in [0.4, 0.5) is 0 Å². The molecule has 0 heterocycles. The fraction of sp³-hybridized carbons (Fsp3) is 0.300. The van der Waals surface area contributed by atoms with Crippen molar-refractivity contribution < 1.29 is 19.4 Å². The van der Waals surface area contributed by atoms with Crippen LogP contribution in [0.1, 0.15) is 37.3 Å². The summed E-state index contributed by atoms with van der Waals surface area (Å²) in [5, 5.41) is 13.7. The van der Waals surface area contributed by atoms with E-state index in [0.717, 1.165) is 6.42 Å². The van der Waals surface area contributed by atoms with Gasteiger partial charge in [-0.1, -0.05) is 26.0 Å². The topological polar surface area (TPSA) is 80.2 Å². The molecule has 0 fully saturated rings. The van der Waals surface area contributed by atoms with Crippen LogP contribution in [0.3, 0.4) is 0 Å². The highest BCUT2D eigenvalue weighted by Gasteiger charge is 2.08. The highest BCUT2D eigenvalue weighted by atomic mass is 127. The van der Waals surface area contributed by atoms with Crippen LogP contribution in [0, 0.1) is 3.57 Å².